The van der Waals surface area contributed by atoms with E-state index in [4.69, 9.17) is 11.6 Å². The normalized spacial score (nSPS) is 12.2. The first-order chi connectivity index (χ1) is 12.0. The van der Waals surface area contributed by atoms with Gasteiger partial charge in [-0.2, -0.15) is 0 Å². The maximum Gasteiger partial charge on any atom is 0.0408 e. The summed E-state index contributed by atoms with van der Waals surface area (Å²) < 4.78 is 1.10. The van der Waals surface area contributed by atoms with Crippen LogP contribution in [0.3, 0.4) is 0 Å². The predicted molar refractivity (Wildman–Crippen MR) is 109 cm³/mol. The van der Waals surface area contributed by atoms with E-state index in [-0.39, 0.29) is 0 Å². The van der Waals surface area contributed by atoms with Gasteiger partial charge in [0.25, 0.3) is 0 Å². The maximum atomic E-state index is 6.17. The molecule has 3 heteroatoms. The third-order valence-corrected chi connectivity index (χ3v) is 5.33. The molecular weight excluding hydrogens is 394 g/mol. The summed E-state index contributed by atoms with van der Waals surface area (Å²) in [6.45, 7) is 4.18. The second kappa shape index (κ2) is 8.16. The van der Waals surface area contributed by atoms with Crippen LogP contribution in [0, 0.1) is 13.8 Å². The Morgan fingerprint density at radius 2 is 1.76 bits per heavy atom. The summed E-state index contributed by atoms with van der Waals surface area (Å²) in [7, 11) is 0. The van der Waals surface area contributed by atoms with Gasteiger partial charge in [-0.3, -0.25) is 4.98 Å². The molecule has 1 atom stereocenters. The first-order valence-electron chi connectivity index (χ1n) is 8.46. The zero-order valence-electron chi connectivity index (χ0n) is 14.5. The Kier molecular flexibility index (Phi) is 5.93. The van der Waals surface area contributed by atoms with Crippen molar-refractivity contribution in [3.63, 3.8) is 0 Å². The van der Waals surface area contributed by atoms with Gasteiger partial charge in [-0.25, -0.2) is 0 Å². The van der Waals surface area contributed by atoms with Gasteiger partial charge < -0.3 is 0 Å². The number of aromatic nitrogens is 1. The Balaban J connectivity index is 1.92. The summed E-state index contributed by atoms with van der Waals surface area (Å²) in [5.41, 5.74) is 6.32. The average molecular weight is 415 g/mol. The second-order valence-corrected chi connectivity index (χ2v) is 7.80. The van der Waals surface area contributed by atoms with Crippen LogP contribution in [0.4, 0.5) is 0 Å². The molecule has 1 nitrogen and oxygen atoms in total. The highest BCUT2D eigenvalue weighted by atomic mass is 79.9. The van der Waals surface area contributed by atoms with Crippen LogP contribution in [0.2, 0.25) is 5.02 Å². The fourth-order valence-corrected chi connectivity index (χ4v) is 3.79. The summed E-state index contributed by atoms with van der Waals surface area (Å²) in [5, 5.41) is 0.792. The molecule has 1 aromatic heterocycles. The van der Waals surface area contributed by atoms with Gasteiger partial charge in [-0.15, -0.1) is 0 Å². The molecule has 0 saturated carbocycles. The van der Waals surface area contributed by atoms with Crippen molar-refractivity contribution < 1.29 is 0 Å². The Labute approximate surface area is 163 Å². The lowest BCUT2D eigenvalue weighted by Gasteiger charge is -2.21. The van der Waals surface area contributed by atoms with Gasteiger partial charge in [-0.1, -0.05) is 45.7 Å². The smallest absolute Gasteiger partial charge is 0.0408 e. The first kappa shape index (κ1) is 18.2. The van der Waals surface area contributed by atoms with Crippen molar-refractivity contribution in [2.45, 2.75) is 32.6 Å². The van der Waals surface area contributed by atoms with E-state index in [9.17, 15) is 0 Å². The molecule has 0 bridgehead atoms. The number of rotatable bonds is 5. The van der Waals surface area contributed by atoms with E-state index in [1.807, 2.05) is 19.2 Å². The zero-order chi connectivity index (χ0) is 17.8. The fourth-order valence-electron chi connectivity index (χ4n) is 3.30. The molecule has 0 amide bonds. The first-order valence-corrected chi connectivity index (χ1v) is 9.63. The van der Waals surface area contributed by atoms with E-state index in [2.05, 4.69) is 76.4 Å². The third kappa shape index (κ3) is 4.71. The van der Waals surface area contributed by atoms with Gasteiger partial charge in [0.15, 0.2) is 0 Å². The number of benzene rings is 2. The van der Waals surface area contributed by atoms with Gasteiger partial charge in [0.05, 0.1) is 0 Å². The second-order valence-electron chi connectivity index (χ2n) is 6.45. The van der Waals surface area contributed by atoms with Gasteiger partial charge in [0, 0.05) is 27.3 Å². The van der Waals surface area contributed by atoms with E-state index >= 15 is 0 Å². The number of hydrogen-bond acceptors (Lipinski definition) is 1. The van der Waals surface area contributed by atoms with Gasteiger partial charge in [0.2, 0.25) is 0 Å². The van der Waals surface area contributed by atoms with Crippen LogP contribution in [-0.2, 0) is 6.42 Å². The molecule has 128 valence electrons. The average Bonchev–Trinajstić information content (AvgIpc) is 2.58. The fraction of sp³-hybridized carbons (Fsp3) is 0.227. The van der Waals surface area contributed by atoms with Crippen molar-refractivity contribution >= 4 is 27.5 Å². The predicted octanol–water partition coefficient (Wildman–Crippen LogP) is 6.88. The molecule has 0 aliphatic carbocycles. The monoisotopic (exact) mass is 413 g/mol. The molecule has 0 spiro atoms. The lowest BCUT2D eigenvalue weighted by atomic mass is 9.84. The zero-order valence-corrected chi connectivity index (χ0v) is 16.8. The van der Waals surface area contributed by atoms with Gasteiger partial charge >= 0.3 is 0 Å². The molecule has 0 unspecified atom stereocenters. The SMILES string of the molecule is Cc1cc(CC[C@H](c2ccc(Br)cc2)c2ccc(Cl)cc2C)ccn1. The molecule has 0 fully saturated rings. The van der Waals surface area contributed by atoms with Crippen LogP contribution in [-0.4, -0.2) is 4.98 Å². The van der Waals surface area contributed by atoms with Crippen molar-refractivity contribution in [1.82, 2.24) is 4.98 Å². The molecule has 0 saturated heterocycles. The Morgan fingerprint density at radius 1 is 1.00 bits per heavy atom. The maximum absolute atomic E-state index is 6.17. The largest absolute Gasteiger partial charge is 0.262 e. The molecule has 1 heterocycles. The van der Waals surface area contributed by atoms with Crippen LogP contribution in [0.25, 0.3) is 0 Å². The van der Waals surface area contributed by atoms with Crippen molar-refractivity contribution in [1.29, 1.82) is 0 Å². The Morgan fingerprint density at radius 3 is 2.44 bits per heavy atom. The summed E-state index contributed by atoms with van der Waals surface area (Å²) in [6.07, 6.45) is 3.96. The number of pyridine rings is 1. The molecular formula is C22H21BrClN. The Hall–Kier alpha value is -1.64. The minimum atomic E-state index is 0.346. The van der Waals surface area contributed by atoms with Crippen LogP contribution in [0.15, 0.2) is 65.3 Å². The topological polar surface area (TPSA) is 12.9 Å². The van der Waals surface area contributed by atoms with Crippen molar-refractivity contribution in [2.75, 3.05) is 0 Å². The van der Waals surface area contributed by atoms with E-state index in [0.29, 0.717) is 5.92 Å². The highest BCUT2D eigenvalue weighted by molar-refractivity contribution is 9.10. The van der Waals surface area contributed by atoms with Crippen LogP contribution < -0.4 is 0 Å². The summed E-state index contributed by atoms with van der Waals surface area (Å²) in [6, 6.07) is 19.1. The van der Waals surface area contributed by atoms with Crippen molar-refractivity contribution in [2.24, 2.45) is 0 Å². The molecule has 0 aliphatic rings. The highest BCUT2D eigenvalue weighted by Gasteiger charge is 2.17. The molecule has 0 aliphatic heterocycles. The minimum Gasteiger partial charge on any atom is -0.262 e. The van der Waals surface area contributed by atoms with E-state index in [0.717, 1.165) is 28.0 Å². The van der Waals surface area contributed by atoms with Gasteiger partial charge in [-0.05, 0) is 85.3 Å². The van der Waals surface area contributed by atoms with Crippen molar-refractivity contribution in [3.8, 4) is 0 Å². The summed E-state index contributed by atoms with van der Waals surface area (Å²) in [4.78, 5) is 4.30. The molecule has 3 rings (SSSR count). The third-order valence-electron chi connectivity index (χ3n) is 4.56. The summed E-state index contributed by atoms with van der Waals surface area (Å²) >= 11 is 9.70. The number of aryl methyl sites for hydroxylation is 3. The summed E-state index contributed by atoms with van der Waals surface area (Å²) in [5.74, 6) is 0.346. The number of hydrogen-bond donors (Lipinski definition) is 0. The van der Waals surface area contributed by atoms with E-state index in [1.54, 1.807) is 0 Å². The van der Waals surface area contributed by atoms with Crippen molar-refractivity contribution in [3.05, 3.63) is 98.2 Å². The highest BCUT2D eigenvalue weighted by Crippen LogP contribution is 2.33. The standard InChI is InChI=1S/C22H21BrClN/c1-15-13-20(24)8-10-21(15)22(18-4-6-19(23)7-5-18)9-3-17-11-12-25-16(2)14-17/h4-8,10-14,22H,3,9H2,1-2H3/t22-/m1/s1. The molecule has 25 heavy (non-hydrogen) atoms. The van der Waals surface area contributed by atoms with Gasteiger partial charge in [0.1, 0.15) is 0 Å². The van der Waals surface area contributed by atoms with Crippen LogP contribution in [0.1, 0.15) is 40.3 Å². The van der Waals surface area contributed by atoms with Crippen LogP contribution >= 0.6 is 27.5 Å². The number of nitrogens with zero attached hydrogens (tertiary/aromatic N) is 1. The van der Waals surface area contributed by atoms with Crippen LogP contribution in [0.5, 0.6) is 0 Å². The van der Waals surface area contributed by atoms with E-state index in [1.165, 1.54) is 22.3 Å². The minimum absolute atomic E-state index is 0.346. The molecule has 0 radical (unpaired) electrons. The van der Waals surface area contributed by atoms with E-state index < -0.39 is 0 Å². The molecule has 3 aromatic rings. The number of halogens is 2. The molecule has 0 N–H and O–H groups in total. The Bertz CT molecular complexity index is 858. The molecule has 2 aromatic carbocycles. The quantitative estimate of drug-likeness (QED) is 0.443. The lowest BCUT2D eigenvalue weighted by molar-refractivity contribution is 0.710. The lowest BCUT2D eigenvalue weighted by Crippen LogP contribution is -2.05.